The zero-order valence-corrected chi connectivity index (χ0v) is 11.7. The zero-order valence-electron chi connectivity index (χ0n) is 10.9. The van der Waals surface area contributed by atoms with Crippen molar-refractivity contribution in [1.82, 2.24) is 10.6 Å². The first-order valence-electron chi connectivity index (χ1n) is 6.59. The van der Waals surface area contributed by atoms with Crippen LogP contribution in [0.1, 0.15) is 27.5 Å². The van der Waals surface area contributed by atoms with Gasteiger partial charge in [0.25, 0.3) is 5.91 Å². The summed E-state index contributed by atoms with van der Waals surface area (Å²) in [5, 5.41) is 7.06. The SMILES string of the molecule is O=C(NC1CNCc2cccc(Cl)c21)c1ccccc1. The van der Waals surface area contributed by atoms with E-state index in [4.69, 9.17) is 11.6 Å². The van der Waals surface area contributed by atoms with Crippen LogP contribution in [0.4, 0.5) is 0 Å². The van der Waals surface area contributed by atoms with Crippen molar-refractivity contribution in [1.29, 1.82) is 0 Å². The Morgan fingerprint density at radius 1 is 1.15 bits per heavy atom. The molecule has 0 radical (unpaired) electrons. The molecule has 2 N–H and O–H groups in total. The second kappa shape index (κ2) is 5.65. The van der Waals surface area contributed by atoms with Crippen LogP contribution >= 0.6 is 11.6 Å². The van der Waals surface area contributed by atoms with Crippen LogP contribution in [-0.4, -0.2) is 12.5 Å². The first kappa shape index (κ1) is 13.2. The number of hydrogen-bond acceptors (Lipinski definition) is 2. The summed E-state index contributed by atoms with van der Waals surface area (Å²) in [5.74, 6) is -0.0785. The molecule has 1 unspecified atom stereocenters. The largest absolute Gasteiger partial charge is 0.344 e. The molecule has 0 aliphatic carbocycles. The maximum Gasteiger partial charge on any atom is 0.251 e. The minimum absolute atomic E-state index is 0.0785. The van der Waals surface area contributed by atoms with E-state index >= 15 is 0 Å². The number of hydrogen-bond donors (Lipinski definition) is 2. The Labute approximate surface area is 123 Å². The molecule has 3 nitrogen and oxygen atoms in total. The van der Waals surface area contributed by atoms with Crippen LogP contribution in [0.2, 0.25) is 5.02 Å². The highest BCUT2D eigenvalue weighted by atomic mass is 35.5. The van der Waals surface area contributed by atoms with Crippen molar-refractivity contribution in [2.75, 3.05) is 6.54 Å². The highest BCUT2D eigenvalue weighted by Crippen LogP contribution is 2.29. The van der Waals surface area contributed by atoms with E-state index in [9.17, 15) is 4.79 Å². The van der Waals surface area contributed by atoms with Gasteiger partial charge in [-0.3, -0.25) is 4.79 Å². The third kappa shape index (κ3) is 2.55. The van der Waals surface area contributed by atoms with Gasteiger partial charge in [-0.15, -0.1) is 0 Å². The number of carbonyl (C=O) groups is 1. The van der Waals surface area contributed by atoms with E-state index in [1.165, 1.54) is 0 Å². The molecule has 20 heavy (non-hydrogen) atoms. The molecule has 2 aromatic rings. The van der Waals surface area contributed by atoms with Crippen LogP contribution in [0.25, 0.3) is 0 Å². The first-order chi connectivity index (χ1) is 9.75. The molecule has 1 heterocycles. The Morgan fingerprint density at radius 3 is 2.75 bits per heavy atom. The van der Waals surface area contributed by atoms with Crippen molar-refractivity contribution < 1.29 is 4.79 Å². The minimum Gasteiger partial charge on any atom is -0.344 e. The molecule has 0 spiro atoms. The molecule has 1 aliphatic rings. The van der Waals surface area contributed by atoms with E-state index < -0.39 is 0 Å². The molecule has 0 saturated carbocycles. The van der Waals surface area contributed by atoms with Crippen LogP contribution in [0.5, 0.6) is 0 Å². The van der Waals surface area contributed by atoms with E-state index in [-0.39, 0.29) is 11.9 Å². The Bertz CT molecular complexity index is 628. The highest BCUT2D eigenvalue weighted by Gasteiger charge is 2.24. The first-order valence-corrected chi connectivity index (χ1v) is 6.97. The fraction of sp³-hybridized carbons (Fsp3) is 0.188. The summed E-state index contributed by atoms with van der Waals surface area (Å²) in [6, 6.07) is 15.0. The van der Waals surface area contributed by atoms with Crippen LogP contribution in [0, 0.1) is 0 Å². The van der Waals surface area contributed by atoms with Gasteiger partial charge in [0.1, 0.15) is 0 Å². The number of benzene rings is 2. The molecular weight excluding hydrogens is 272 g/mol. The molecule has 0 fully saturated rings. The topological polar surface area (TPSA) is 41.1 Å². The zero-order chi connectivity index (χ0) is 13.9. The van der Waals surface area contributed by atoms with E-state index in [2.05, 4.69) is 10.6 Å². The van der Waals surface area contributed by atoms with Crippen molar-refractivity contribution in [2.24, 2.45) is 0 Å². The fourth-order valence-electron chi connectivity index (χ4n) is 2.53. The van der Waals surface area contributed by atoms with E-state index in [0.717, 1.165) is 17.7 Å². The lowest BCUT2D eigenvalue weighted by molar-refractivity contribution is 0.0934. The minimum atomic E-state index is -0.0971. The van der Waals surface area contributed by atoms with Gasteiger partial charge in [0.05, 0.1) is 6.04 Å². The second-order valence-electron chi connectivity index (χ2n) is 4.84. The lowest BCUT2D eigenvalue weighted by Crippen LogP contribution is -2.39. The molecule has 1 aliphatic heterocycles. The summed E-state index contributed by atoms with van der Waals surface area (Å²) in [7, 11) is 0. The van der Waals surface area contributed by atoms with Crippen LogP contribution in [0.3, 0.4) is 0 Å². The van der Waals surface area contributed by atoms with Gasteiger partial charge in [-0.1, -0.05) is 41.9 Å². The Kier molecular flexibility index (Phi) is 3.72. The van der Waals surface area contributed by atoms with Crippen LogP contribution < -0.4 is 10.6 Å². The number of rotatable bonds is 2. The number of amides is 1. The number of halogens is 1. The molecule has 2 aromatic carbocycles. The van der Waals surface area contributed by atoms with Crippen molar-refractivity contribution in [2.45, 2.75) is 12.6 Å². The molecular formula is C16H15ClN2O. The second-order valence-corrected chi connectivity index (χ2v) is 5.24. The summed E-state index contributed by atoms with van der Waals surface area (Å²) >= 11 is 6.29. The van der Waals surface area contributed by atoms with Gasteiger partial charge < -0.3 is 10.6 Å². The summed E-state index contributed by atoms with van der Waals surface area (Å²) < 4.78 is 0. The normalized spacial score (nSPS) is 17.4. The van der Waals surface area contributed by atoms with Gasteiger partial charge in [-0.25, -0.2) is 0 Å². The molecule has 0 saturated heterocycles. The van der Waals surface area contributed by atoms with E-state index in [1.807, 2.05) is 36.4 Å². The predicted molar refractivity (Wildman–Crippen MR) is 79.8 cm³/mol. The number of nitrogens with one attached hydrogen (secondary N) is 2. The van der Waals surface area contributed by atoms with Crippen LogP contribution in [-0.2, 0) is 6.54 Å². The molecule has 1 amide bonds. The molecule has 0 aromatic heterocycles. The van der Waals surface area contributed by atoms with Gasteiger partial charge in [0.15, 0.2) is 0 Å². The monoisotopic (exact) mass is 286 g/mol. The van der Waals surface area contributed by atoms with Crippen LogP contribution in [0.15, 0.2) is 48.5 Å². The van der Waals surface area contributed by atoms with Gasteiger partial charge in [0, 0.05) is 23.7 Å². The molecule has 0 bridgehead atoms. The van der Waals surface area contributed by atoms with Crippen molar-refractivity contribution in [3.05, 3.63) is 70.2 Å². The molecule has 4 heteroatoms. The average molecular weight is 287 g/mol. The van der Waals surface area contributed by atoms with Crippen molar-refractivity contribution in [3.8, 4) is 0 Å². The third-order valence-corrected chi connectivity index (χ3v) is 3.83. The summed E-state index contributed by atoms with van der Waals surface area (Å²) in [6.45, 7) is 1.48. The van der Waals surface area contributed by atoms with E-state index in [0.29, 0.717) is 17.1 Å². The van der Waals surface area contributed by atoms with Crippen molar-refractivity contribution >= 4 is 17.5 Å². The summed E-state index contributed by atoms with van der Waals surface area (Å²) in [5.41, 5.74) is 2.82. The smallest absolute Gasteiger partial charge is 0.251 e. The quantitative estimate of drug-likeness (QED) is 0.891. The standard InChI is InChI=1S/C16H15ClN2O/c17-13-8-4-7-12-9-18-10-14(15(12)13)19-16(20)11-5-2-1-3-6-11/h1-8,14,18H,9-10H2,(H,19,20). The number of fused-ring (bicyclic) bond motifs is 1. The van der Waals surface area contributed by atoms with Gasteiger partial charge in [-0.05, 0) is 29.3 Å². The highest BCUT2D eigenvalue weighted by molar-refractivity contribution is 6.31. The third-order valence-electron chi connectivity index (χ3n) is 3.50. The lowest BCUT2D eigenvalue weighted by Gasteiger charge is -2.28. The van der Waals surface area contributed by atoms with Gasteiger partial charge in [-0.2, -0.15) is 0 Å². The van der Waals surface area contributed by atoms with Crippen molar-refractivity contribution in [3.63, 3.8) is 0 Å². The molecule has 102 valence electrons. The Hall–Kier alpha value is -1.84. The van der Waals surface area contributed by atoms with Gasteiger partial charge in [0.2, 0.25) is 0 Å². The maximum atomic E-state index is 12.3. The van der Waals surface area contributed by atoms with E-state index in [1.54, 1.807) is 12.1 Å². The predicted octanol–water partition coefficient (Wildman–Crippen LogP) is 2.91. The summed E-state index contributed by atoms with van der Waals surface area (Å²) in [6.07, 6.45) is 0. The molecule has 3 rings (SSSR count). The maximum absolute atomic E-state index is 12.3. The Morgan fingerprint density at radius 2 is 1.95 bits per heavy atom. The fourth-order valence-corrected chi connectivity index (χ4v) is 2.86. The lowest BCUT2D eigenvalue weighted by atomic mass is 9.96. The van der Waals surface area contributed by atoms with Gasteiger partial charge >= 0.3 is 0 Å². The Balaban J connectivity index is 1.85. The average Bonchev–Trinajstić information content (AvgIpc) is 2.48. The molecule has 1 atom stereocenters. The summed E-state index contributed by atoms with van der Waals surface area (Å²) in [4.78, 5) is 12.3. The number of carbonyl (C=O) groups excluding carboxylic acids is 1.